The minimum atomic E-state index is -0.185. The summed E-state index contributed by atoms with van der Waals surface area (Å²) in [7, 11) is 2.44. The maximum absolute atomic E-state index is 6.59. The van der Waals surface area contributed by atoms with E-state index in [0.29, 0.717) is 0 Å². The van der Waals surface area contributed by atoms with Crippen molar-refractivity contribution < 1.29 is 4.42 Å². The summed E-state index contributed by atoms with van der Waals surface area (Å²) in [6.45, 7) is 23.4. The molecule has 0 spiro atoms. The zero-order valence-electron chi connectivity index (χ0n) is 39.7. The van der Waals surface area contributed by atoms with E-state index in [1.165, 1.54) is 99.7 Å². The molecule has 2 aromatic heterocycles. The van der Waals surface area contributed by atoms with Crippen molar-refractivity contribution >= 4 is 73.3 Å². The van der Waals surface area contributed by atoms with Crippen molar-refractivity contribution in [3.05, 3.63) is 173 Å². The fourth-order valence-electron chi connectivity index (χ4n) is 12.1. The standard InChI is InChI=1S/C62H54BN2O/c1-59(2,3)34-19-22-36(23-20-34)64-50-32-48-42(37-24-21-35(60(4,5)6)29-47(37)62(48,9)10)30-43(50)39-25-26-41-56-51(28-27-46-55(56)40-16-11-13-17-45(40)61(46,7)8)65-52-31-44-38-15-12-14-18-53(38)66-54(44)33-49(52)63-57(39)58(41)65/h11-33,64H,1-10H3. The third kappa shape index (κ3) is 5.33. The molecule has 0 unspecified atom stereocenters. The molecule has 0 saturated carbocycles. The molecule has 10 aromatic rings. The summed E-state index contributed by atoms with van der Waals surface area (Å²) in [6, 6.07) is 53.0. The molecule has 0 fully saturated rings. The molecule has 66 heavy (non-hydrogen) atoms. The van der Waals surface area contributed by atoms with Crippen LogP contribution in [0.3, 0.4) is 0 Å². The Morgan fingerprint density at radius 2 is 1.21 bits per heavy atom. The summed E-state index contributed by atoms with van der Waals surface area (Å²) >= 11 is 0. The maximum Gasteiger partial charge on any atom is 0.198 e. The molecule has 1 radical (unpaired) electrons. The van der Waals surface area contributed by atoms with Crippen LogP contribution in [0.1, 0.15) is 103 Å². The molecule has 13 rings (SSSR count). The number of rotatable bonds is 3. The van der Waals surface area contributed by atoms with Crippen LogP contribution in [0.5, 0.6) is 0 Å². The predicted octanol–water partition coefficient (Wildman–Crippen LogP) is 15.3. The van der Waals surface area contributed by atoms with Crippen LogP contribution in [0.25, 0.3) is 82.8 Å². The number of nitrogens with one attached hydrogen (secondary N) is 1. The zero-order chi connectivity index (χ0) is 45.4. The molecular formula is C62H54BN2O. The third-order valence-corrected chi connectivity index (χ3v) is 15.7. The number of furan rings is 1. The van der Waals surface area contributed by atoms with Crippen molar-refractivity contribution in [2.45, 2.75) is 90.9 Å². The minimum Gasteiger partial charge on any atom is -0.456 e. The highest BCUT2D eigenvalue weighted by atomic mass is 16.3. The summed E-state index contributed by atoms with van der Waals surface area (Å²) in [4.78, 5) is 0. The molecule has 1 N–H and O–H groups in total. The van der Waals surface area contributed by atoms with Gasteiger partial charge < -0.3 is 14.3 Å². The lowest BCUT2D eigenvalue weighted by molar-refractivity contribution is 0.584. The van der Waals surface area contributed by atoms with Crippen molar-refractivity contribution in [1.82, 2.24) is 4.57 Å². The summed E-state index contributed by atoms with van der Waals surface area (Å²) in [6.07, 6.45) is 0. The third-order valence-electron chi connectivity index (χ3n) is 15.7. The number of hydrogen-bond donors (Lipinski definition) is 1. The van der Waals surface area contributed by atoms with E-state index in [9.17, 15) is 0 Å². The minimum absolute atomic E-state index is 0.0472. The van der Waals surface area contributed by atoms with Crippen molar-refractivity contribution in [3.63, 3.8) is 0 Å². The van der Waals surface area contributed by atoms with E-state index in [-0.39, 0.29) is 21.7 Å². The van der Waals surface area contributed by atoms with E-state index in [1.807, 2.05) is 0 Å². The molecule has 4 heteroatoms. The van der Waals surface area contributed by atoms with E-state index in [0.717, 1.165) is 38.8 Å². The van der Waals surface area contributed by atoms with Gasteiger partial charge in [-0.2, -0.15) is 0 Å². The van der Waals surface area contributed by atoms with Gasteiger partial charge in [-0.15, -0.1) is 0 Å². The monoisotopic (exact) mass is 853 g/mol. The van der Waals surface area contributed by atoms with Gasteiger partial charge >= 0.3 is 0 Å². The number of fused-ring (bicyclic) bond motifs is 15. The molecule has 0 saturated heterocycles. The lowest BCUT2D eigenvalue weighted by atomic mass is 9.59. The average Bonchev–Trinajstić information content (AvgIpc) is 3.96. The first-order valence-corrected chi connectivity index (χ1v) is 23.8. The van der Waals surface area contributed by atoms with Crippen molar-refractivity contribution in [2.24, 2.45) is 0 Å². The molecule has 0 atom stereocenters. The summed E-state index contributed by atoms with van der Waals surface area (Å²) in [5.74, 6) is 0. The van der Waals surface area contributed by atoms with Gasteiger partial charge in [-0.3, -0.25) is 0 Å². The molecule has 0 bridgehead atoms. The maximum atomic E-state index is 6.59. The number of para-hydroxylation sites is 1. The smallest absolute Gasteiger partial charge is 0.198 e. The normalized spacial score (nSPS) is 15.2. The summed E-state index contributed by atoms with van der Waals surface area (Å²) in [5, 5.41) is 8.89. The van der Waals surface area contributed by atoms with Gasteiger partial charge in [0.1, 0.15) is 11.2 Å². The highest BCUT2D eigenvalue weighted by molar-refractivity contribution is 6.73. The van der Waals surface area contributed by atoms with E-state index in [1.54, 1.807) is 0 Å². The molecule has 0 amide bonds. The first-order chi connectivity index (χ1) is 31.5. The second-order valence-electron chi connectivity index (χ2n) is 22.5. The van der Waals surface area contributed by atoms with Crippen molar-refractivity contribution in [2.75, 3.05) is 5.32 Å². The van der Waals surface area contributed by atoms with Gasteiger partial charge in [0.05, 0.1) is 5.52 Å². The van der Waals surface area contributed by atoms with Crippen LogP contribution >= 0.6 is 0 Å². The fourth-order valence-corrected chi connectivity index (χ4v) is 12.1. The van der Waals surface area contributed by atoms with E-state index >= 15 is 0 Å². The molecular weight excluding hydrogens is 800 g/mol. The second-order valence-corrected chi connectivity index (χ2v) is 22.5. The van der Waals surface area contributed by atoms with Crippen molar-refractivity contribution in [1.29, 1.82) is 0 Å². The van der Waals surface area contributed by atoms with E-state index < -0.39 is 0 Å². The highest BCUT2D eigenvalue weighted by Gasteiger charge is 2.40. The van der Waals surface area contributed by atoms with E-state index in [4.69, 9.17) is 4.42 Å². The fraction of sp³-hybridized carbons (Fsp3) is 0.226. The molecule has 1 aliphatic heterocycles. The quantitative estimate of drug-likeness (QED) is 0.180. The Morgan fingerprint density at radius 3 is 2.00 bits per heavy atom. The molecule has 8 aromatic carbocycles. The van der Waals surface area contributed by atoms with Crippen LogP contribution in [0.15, 0.2) is 144 Å². The van der Waals surface area contributed by atoms with Crippen LogP contribution in [0.4, 0.5) is 11.4 Å². The Bertz CT molecular complexity index is 3770. The van der Waals surface area contributed by atoms with Gasteiger partial charge in [0, 0.05) is 60.5 Å². The summed E-state index contributed by atoms with van der Waals surface area (Å²) < 4.78 is 9.17. The topological polar surface area (TPSA) is 30.1 Å². The number of anilines is 2. The van der Waals surface area contributed by atoms with Crippen LogP contribution in [0, 0.1) is 0 Å². The van der Waals surface area contributed by atoms with Gasteiger partial charge in [-0.25, -0.2) is 0 Å². The van der Waals surface area contributed by atoms with Crippen LogP contribution in [-0.4, -0.2) is 11.8 Å². The van der Waals surface area contributed by atoms with Gasteiger partial charge in [0.25, 0.3) is 0 Å². The molecule has 3 aliphatic rings. The highest BCUT2D eigenvalue weighted by Crippen LogP contribution is 2.55. The Morgan fingerprint density at radius 1 is 0.515 bits per heavy atom. The molecule has 3 heterocycles. The number of benzene rings is 8. The Hall–Kier alpha value is -6.78. The van der Waals surface area contributed by atoms with Crippen molar-refractivity contribution in [3.8, 4) is 39.1 Å². The lowest BCUT2D eigenvalue weighted by Gasteiger charge is -2.27. The number of hydrogen-bond acceptors (Lipinski definition) is 2. The van der Waals surface area contributed by atoms with Gasteiger partial charge in [0.2, 0.25) is 0 Å². The summed E-state index contributed by atoms with van der Waals surface area (Å²) in [5.41, 5.74) is 25.8. The number of nitrogens with zero attached hydrogens (tertiary/aromatic N) is 1. The second kappa shape index (κ2) is 13.0. The molecule has 321 valence electrons. The van der Waals surface area contributed by atoms with E-state index in [2.05, 4.69) is 226 Å². The Balaban J connectivity index is 1.12. The average molecular weight is 854 g/mol. The molecule has 2 aliphatic carbocycles. The Kier molecular flexibility index (Phi) is 7.78. The Labute approximate surface area is 388 Å². The first-order valence-electron chi connectivity index (χ1n) is 23.8. The van der Waals surface area contributed by atoms with Crippen LogP contribution < -0.4 is 16.2 Å². The van der Waals surface area contributed by atoms with Gasteiger partial charge in [-0.1, -0.05) is 166 Å². The lowest BCUT2D eigenvalue weighted by Crippen LogP contribution is -2.37. The zero-order valence-corrected chi connectivity index (χ0v) is 39.7. The van der Waals surface area contributed by atoms with Gasteiger partial charge in [-0.05, 0) is 126 Å². The van der Waals surface area contributed by atoms with Crippen LogP contribution in [0.2, 0.25) is 0 Å². The van der Waals surface area contributed by atoms with Crippen LogP contribution in [-0.2, 0) is 21.7 Å². The molecule has 3 nitrogen and oxygen atoms in total. The number of aromatic nitrogens is 1. The first kappa shape index (κ1) is 39.6. The van der Waals surface area contributed by atoms with Gasteiger partial charge in [0.15, 0.2) is 7.28 Å². The SMILES string of the molecule is CC(C)(C)c1ccc(Nc2cc3c(cc2-c2ccc4c5c6c(ccc5n5c4c2[B]c2cc4oc7ccccc7c4cc2-5)C(C)(C)c2ccccc2-6)-c2ccc(C(C)(C)C)cc2C3(C)C)cc1. The largest absolute Gasteiger partial charge is 0.456 e. The predicted molar refractivity (Wildman–Crippen MR) is 281 cm³/mol.